The Morgan fingerprint density at radius 3 is 2.71 bits per heavy atom. The van der Waals surface area contributed by atoms with Crippen LogP contribution in [0.25, 0.3) is 0 Å². The molecule has 0 saturated carbocycles. The molecule has 2 heterocycles. The number of hydrogen-bond acceptors (Lipinski definition) is 5. The summed E-state index contributed by atoms with van der Waals surface area (Å²) in [6.45, 7) is 8.44. The summed E-state index contributed by atoms with van der Waals surface area (Å²) in [6, 6.07) is 6.69. The summed E-state index contributed by atoms with van der Waals surface area (Å²) in [5.41, 5.74) is 0.967. The molecule has 1 aromatic carbocycles. The zero-order valence-electron chi connectivity index (χ0n) is 21.7. The predicted octanol–water partition coefficient (Wildman–Crippen LogP) is 4.13. The molecule has 0 aromatic heterocycles. The number of nitrogens with zero attached hydrogens (tertiary/aromatic N) is 2. The standard InChI is InChI=1S/C26H41FN4O4/c1-26(2,3)12-11-21-23(28-4)31(21)25(33)30-14-7-9-19(17-30)22(18-8-6-10-20(27)16-18)35-15-13-29-24(32)34-5/h6,8,10,16,19,21-23,28H,7,9,11-15,17H2,1-5H3,(H,29,32)/t19?,21-,22+,23+,31?/m1/s1. The fourth-order valence-electron chi connectivity index (χ4n) is 4.94. The van der Waals surface area contributed by atoms with Gasteiger partial charge in [0.1, 0.15) is 12.0 Å². The second kappa shape index (κ2) is 12.0. The van der Waals surface area contributed by atoms with Gasteiger partial charge in [0.15, 0.2) is 0 Å². The van der Waals surface area contributed by atoms with Gasteiger partial charge < -0.3 is 24.6 Å². The van der Waals surface area contributed by atoms with E-state index in [9.17, 15) is 14.0 Å². The highest BCUT2D eigenvalue weighted by Gasteiger charge is 2.51. The normalized spacial score (nSPS) is 23.1. The molecule has 2 saturated heterocycles. The monoisotopic (exact) mass is 492 g/mol. The van der Waals surface area contributed by atoms with Crippen LogP contribution in [-0.2, 0) is 9.47 Å². The number of urea groups is 1. The Balaban J connectivity index is 1.66. The quantitative estimate of drug-likeness (QED) is 0.400. The first-order valence-electron chi connectivity index (χ1n) is 12.6. The van der Waals surface area contributed by atoms with E-state index in [0.29, 0.717) is 13.1 Å². The Labute approximate surface area is 208 Å². The summed E-state index contributed by atoms with van der Waals surface area (Å²) in [7, 11) is 3.21. The number of amides is 3. The van der Waals surface area contributed by atoms with Crippen molar-refractivity contribution in [1.29, 1.82) is 0 Å². The van der Waals surface area contributed by atoms with E-state index in [1.54, 1.807) is 6.07 Å². The van der Waals surface area contributed by atoms with Crippen LogP contribution in [0.2, 0.25) is 0 Å². The lowest BCUT2D eigenvalue weighted by atomic mass is 9.88. The van der Waals surface area contributed by atoms with E-state index >= 15 is 0 Å². The molecule has 2 fully saturated rings. The third-order valence-corrected chi connectivity index (χ3v) is 6.83. The molecular formula is C26H41FN4O4. The van der Waals surface area contributed by atoms with Crippen LogP contribution < -0.4 is 10.6 Å². The van der Waals surface area contributed by atoms with Crippen LogP contribution in [0.4, 0.5) is 14.0 Å². The first-order valence-corrected chi connectivity index (χ1v) is 12.6. The van der Waals surface area contributed by atoms with Crippen molar-refractivity contribution in [3.8, 4) is 0 Å². The average molecular weight is 493 g/mol. The number of rotatable bonds is 9. The van der Waals surface area contributed by atoms with Crippen molar-refractivity contribution in [2.24, 2.45) is 11.3 Å². The van der Waals surface area contributed by atoms with Gasteiger partial charge in [-0.25, -0.2) is 14.0 Å². The molecule has 0 radical (unpaired) electrons. The maximum Gasteiger partial charge on any atom is 0.406 e. The molecular weight excluding hydrogens is 451 g/mol. The fraction of sp³-hybridized carbons (Fsp3) is 0.692. The minimum atomic E-state index is -0.524. The number of halogens is 1. The van der Waals surface area contributed by atoms with Gasteiger partial charge in [0.25, 0.3) is 0 Å². The molecule has 196 valence electrons. The van der Waals surface area contributed by atoms with Crippen molar-refractivity contribution in [2.45, 2.75) is 64.8 Å². The smallest absolute Gasteiger partial charge is 0.406 e. The Kier molecular flexibility index (Phi) is 9.35. The minimum Gasteiger partial charge on any atom is -0.453 e. The summed E-state index contributed by atoms with van der Waals surface area (Å²) >= 11 is 0. The molecule has 8 nitrogen and oxygen atoms in total. The van der Waals surface area contributed by atoms with Gasteiger partial charge in [0.2, 0.25) is 0 Å². The number of likely N-dealkylation sites (tertiary alicyclic amines) is 1. The first kappa shape index (κ1) is 27.2. The number of ether oxygens (including phenoxy) is 2. The van der Waals surface area contributed by atoms with Crippen molar-refractivity contribution >= 4 is 12.1 Å². The van der Waals surface area contributed by atoms with Gasteiger partial charge in [0, 0.05) is 25.6 Å². The number of hydrogen-bond donors (Lipinski definition) is 2. The number of likely N-dealkylation sites (N-methyl/N-ethyl adjacent to an activating group) is 1. The second-order valence-electron chi connectivity index (χ2n) is 10.7. The van der Waals surface area contributed by atoms with Crippen molar-refractivity contribution in [3.05, 3.63) is 35.6 Å². The van der Waals surface area contributed by atoms with Crippen LogP contribution in [0.15, 0.2) is 24.3 Å². The number of carbonyl (C=O) groups excluding carboxylic acids is 2. The summed E-state index contributed by atoms with van der Waals surface area (Å²) in [4.78, 5) is 28.7. The van der Waals surface area contributed by atoms with Gasteiger partial charge in [-0.15, -0.1) is 0 Å². The molecule has 9 heteroatoms. The van der Waals surface area contributed by atoms with Crippen molar-refractivity contribution in [3.63, 3.8) is 0 Å². The van der Waals surface area contributed by atoms with E-state index < -0.39 is 6.09 Å². The Bertz CT molecular complexity index is 862. The SMILES string of the molecule is CN[C@@H]1[C@@H](CCC(C)(C)C)N1C(=O)N1CCCC([C@@H](OCCNC(=O)OC)c2cccc(F)c2)C1. The van der Waals surface area contributed by atoms with Crippen LogP contribution in [0.1, 0.15) is 58.1 Å². The largest absolute Gasteiger partial charge is 0.453 e. The zero-order valence-corrected chi connectivity index (χ0v) is 21.7. The van der Waals surface area contributed by atoms with Crippen LogP contribution in [0.3, 0.4) is 0 Å². The molecule has 0 spiro atoms. The van der Waals surface area contributed by atoms with E-state index in [-0.39, 0.29) is 54.6 Å². The molecule has 35 heavy (non-hydrogen) atoms. The number of piperidine rings is 1. The lowest BCUT2D eigenvalue weighted by molar-refractivity contribution is -0.00964. The molecule has 2 aliphatic rings. The second-order valence-corrected chi connectivity index (χ2v) is 10.7. The van der Waals surface area contributed by atoms with Crippen molar-refractivity contribution in [2.75, 3.05) is 40.4 Å². The summed E-state index contributed by atoms with van der Waals surface area (Å²) in [6.07, 6.45) is 2.92. The van der Waals surface area contributed by atoms with E-state index in [4.69, 9.17) is 4.74 Å². The van der Waals surface area contributed by atoms with Gasteiger partial charge in [-0.3, -0.25) is 5.32 Å². The van der Waals surface area contributed by atoms with Gasteiger partial charge in [-0.2, -0.15) is 0 Å². The van der Waals surface area contributed by atoms with Crippen LogP contribution in [0.5, 0.6) is 0 Å². The molecule has 2 N–H and O–H groups in total. The first-order chi connectivity index (χ1) is 16.6. The third kappa shape index (κ3) is 7.54. The minimum absolute atomic E-state index is 0.0219. The Hall–Kier alpha value is -2.39. The van der Waals surface area contributed by atoms with Gasteiger partial charge in [-0.05, 0) is 55.8 Å². The van der Waals surface area contributed by atoms with Crippen LogP contribution >= 0.6 is 0 Å². The summed E-state index contributed by atoms with van der Waals surface area (Å²) < 4.78 is 24.8. The van der Waals surface area contributed by atoms with Crippen LogP contribution in [0, 0.1) is 17.2 Å². The molecule has 3 amide bonds. The van der Waals surface area contributed by atoms with E-state index in [1.165, 1.54) is 19.2 Å². The summed E-state index contributed by atoms with van der Waals surface area (Å²) in [5.74, 6) is -0.302. The number of benzene rings is 1. The lowest BCUT2D eigenvalue weighted by Gasteiger charge is -2.37. The molecule has 1 aromatic rings. The highest BCUT2D eigenvalue weighted by atomic mass is 19.1. The van der Waals surface area contributed by atoms with E-state index in [0.717, 1.165) is 31.2 Å². The van der Waals surface area contributed by atoms with Crippen LogP contribution in [-0.4, -0.2) is 74.5 Å². The highest BCUT2D eigenvalue weighted by Crippen LogP contribution is 2.38. The number of alkyl carbamates (subject to hydrolysis) is 1. The van der Waals surface area contributed by atoms with E-state index in [2.05, 4.69) is 36.1 Å². The Morgan fingerprint density at radius 2 is 2.06 bits per heavy atom. The lowest BCUT2D eigenvalue weighted by Crippen LogP contribution is -2.45. The Morgan fingerprint density at radius 1 is 1.29 bits per heavy atom. The molecule has 4 atom stereocenters. The van der Waals surface area contributed by atoms with Gasteiger partial charge in [-0.1, -0.05) is 32.9 Å². The fourth-order valence-corrected chi connectivity index (χ4v) is 4.94. The number of nitrogens with one attached hydrogen (secondary N) is 2. The van der Waals surface area contributed by atoms with E-state index in [1.807, 2.05) is 22.9 Å². The van der Waals surface area contributed by atoms with Gasteiger partial charge in [0.05, 0.1) is 25.9 Å². The average Bonchev–Trinajstić information content (AvgIpc) is 3.54. The molecule has 0 bridgehead atoms. The molecule has 2 aliphatic heterocycles. The number of methoxy groups -OCH3 is 1. The molecule has 0 aliphatic carbocycles. The molecule has 1 unspecified atom stereocenters. The highest BCUT2D eigenvalue weighted by molar-refractivity contribution is 5.78. The summed E-state index contributed by atoms with van der Waals surface area (Å²) in [5, 5.41) is 5.88. The van der Waals surface area contributed by atoms with Crippen molar-refractivity contribution in [1.82, 2.24) is 20.4 Å². The maximum atomic E-state index is 14.0. The van der Waals surface area contributed by atoms with Gasteiger partial charge >= 0.3 is 12.1 Å². The third-order valence-electron chi connectivity index (χ3n) is 6.83. The van der Waals surface area contributed by atoms with Crippen molar-refractivity contribution < 1.29 is 23.5 Å². The predicted molar refractivity (Wildman–Crippen MR) is 132 cm³/mol. The topological polar surface area (TPSA) is 82.9 Å². The maximum absolute atomic E-state index is 14.0. The zero-order chi connectivity index (χ0) is 25.6. The molecule has 3 rings (SSSR count). The number of carbonyl (C=O) groups is 2.